The van der Waals surface area contributed by atoms with E-state index in [0.717, 1.165) is 26.2 Å². The molecule has 0 spiro atoms. The van der Waals surface area contributed by atoms with Crippen LogP contribution in [0.4, 0.5) is 5.69 Å². The summed E-state index contributed by atoms with van der Waals surface area (Å²) in [5, 5.41) is 2.84. The molecule has 0 atom stereocenters. The van der Waals surface area contributed by atoms with Gasteiger partial charge in [0, 0.05) is 21.4 Å². The summed E-state index contributed by atoms with van der Waals surface area (Å²) in [4.78, 5) is 5.67. The zero-order valence-electron chi connectivity index (χ0n) is 12.2. The summed E-state index contributed by atoms with van der Waals surface area (Å²) in [5.41, 5.74) is 3.18. The highest BCUT2D eigenvalue weighted by molar-refractivity contribution is 9.10. The van der Waals surface area contributed by atoms with E-state index in [1.807, 2.05) is 42.5 Å². The van der Waals surface area contributed by atoms with Crippen molar-refractivity contribution in [1.82, 2.24) is 4.57 Å². The number of allylic oxidation sites excluding steroid dienone is 1. The first-order valence-electron chi connectivity index (χ1n) is 7.03. The Balaban J connectivity index is 2.09. The maximum Gasteiger partial charge on any atom is 0.190 e. The van der Waals surface area contributed by atoms with Crippen molar-refractivity contribution in [3.05, 3.63) is 80.9 Å². The Hall–Kier alpha value is -1.62. The first kappa shape index (κ1) is 16.2. The van der Waals surface area contributed by atoms with Crippen LogP contribution < -0.4 is 4.80 Å². The topological polar surface area (TPSA) is 17.3 Å². The fourth-order valence-electron chi connectivity index (χ4n) is 2.20. The van der Waals surface area contributed by atoms with E-state index in [1.54, 1.807) is 11.3 Å². The molecule has 3 aromatic rings. The van der Waals surface area contributed by atoms with Crippen molar-refractivity contribution in [2.45, 2.75) is 6.54 Å². The normalized spacial score (nSPS) is 11.7. The van der Waals surface area contributed by atoms with Crippen molar-refractivity contribution < 1.29 is 0 Å². The van der Waals surface area contributed by atoms with Crippen molar-refractivity contribution in [3.63, 3.8) is 0 Å². The lowest BCUT2D eigenvalue weighted by Crippen LogP contribution is -2.14. The molecular weight excluding hydrogens is 392 g/mol. The van der Waals surface area contributed by atoms with Gasteiger partial charge in [-0.05, 0) is 42.0 Å². The smallest absolute Gasteiger partial charge is 0.190 e. The second kappa shape index (κ2) is 7.30. The Kier molecular flexibility index (Phi) is 5.16. The highest BCUT2D eigenvalue weighted by Crippen LogP contribution is 2.23. The minimum atomic E-state index is 0.710. The summed E-state index contributed by atoms with van der Waals surface area (Å²) < 4.78 is 3.23. The summed E-state index contributed by atoms with van der Waals surface area (Å²) >= 11 is 11.0. The predicted octanol–water partition coefficient (Wildman–Crippen LogP) is 6.05. The van der Waals surface area contributed by atoms with Gasteiger partial charge in [0.1, 0.15) is 0 Å². The fraction of sp³-hybridized carbons (Fsp3) is 0.0556. The monoisotopic (exact) mass is 404 g/mol. The number of thiazole rings is 1. The van der Waals surface area contributed by atoms with E-state index in [1.165, 1.54) is 0 Å². The SMILES string of the molecule is C=CCn1c(-c2ccc(Br)cc2)csc1=Nc1ccc(Cl)cc1. The Labute approximate surface area is 152 Å². The Morgan fingerprint density at radius 1 is 1.13 bits per heavy atom. The molecule has 0 bridgehead atoms. The van der Waals surface area contributed by atoms with Crippen LogP contribution in [0, 0.1) is 0 Å². The molecule has 0 aliphatic heterocycles. The van der Waals surface area contributed by atoms with Gasteiger partial charge in [-0.3, -0.25) is 0 Å². The van der Waals surface area contributed by atoms with Crippen molar-refractivity contribution in [2.75, 3.05) is 0 Å². The largest absolute Gasteiger partial charge is 0.313 e. The van der Waals surface area contributed by atoms with E-state index >= 15 is 0 Å². The first-order chi connectivity index (χ1) is 11.2. The van der Waals surface area contributed by atoms with Crippen molar-refractivity contribution in [2.24, 2.45) is 4.99 Å². The molecule has 5 heteroatoms. The summed E-state index contributed by atoms with van der Waals surface area (Å²) in [7, 11) is 0. The van der Waals surface area contributed by atoms with Crippen LogP contribution >= 0.6 is 38.9 Å². The summed E-state index contributed by atoms with van der Waals surface area (Å²) in [6.07, 6.45) is 1.88. The average molecular weight is 406 g/mol. The number of benzene rings is 2. The van der Waals surface area contributed by atoms with E-state index in [9.17, 15) is 0 Å². The number of nitrogens with zero attached hydrogens (tertiary/aromatic N) is 2. The minimum Gasteiger partial charge on any atom is -0.313 e. The number of hydrogen-bond acceptors (Lipinski definition) is 2. The van der Waals surface area contributed by atoms with Crippen LogP contribution in [-0.2, 0) is 6.54 Å². The van der Waals surface area contributed by atoms with Gasteiger partial charge in [-0.15, -0.1) is 17.9 Å². The molecule has 0 unspecified atom stereocenters. The number of hydrogen-bond donors (Lipinski definition) is 0. The molecule has 0 aliphatic rings. The maximum atomic E-state index is 5.93. The minimum absolute atomic E-state index is 0.710. The van der Waals surface area contributed by atoms with Gasteiger partial charge in [0.25, 0.3) is 0 Å². The van der Waals surface area contributed by atoms with Crippen LogP contribution in [0.15, 0.2) is 76.0 Å². The highest BCUT2D eigenvalue weighted by Gasteiger charge is 2.07. The molecule has 0 fully saturated rings. The van der Waals surface area contributed by atoms with E-state index in [-0.39, 0.29) is 0 Å². The molecule has 0 radical (unpaired) electrons. The molecule has 3 rings (SSSR count). The molecule has 0 aliphatic carbocycles. The van der Waals surface area contributed by atoms with E-state index in [4.69, 9.17) is 16.6 Å². The van der Waals surface area contributed by atoms with Gasteiger partial charge in [0.05, 0.1) is 11.4 Å². The van der Waals surface area contributed by atoms with Crippen molar-refractivity contribution in [1.29, 1.82) is 0 Å². The van der Waals surface area contributed by atoms with E-state index < -0.39 is 0 Å². The van der Waals surface area contributed by atoms with Crippen LogP contribution in [0.25, 0.3) is 11.3 Å². The molecule has 1 heterocycles. The zero-order chi connectivity index (χ0) is 16.2. The number of halogens is 2. The van der Waals surface area contributed by atoms with Gasteiger partial charge in [0.15, 0.2) is 4.80 Å². The Morgan fingerprint density at radius 2 is 1.83 bits per heavy atom. The van der Waals surface area contributed by atoms with Crippen LogP contribution in [-0.4, -0.2) is 4.57 Å². The molecule has 2 aromatic carbocycles. The van der Waals surface area contributed by atoms with Crippen LogP contribution in [0.3, 0.4) is 0 Å². The molecule has 23 heavy (non-hydrogen) atoms. The number of aromatic nitrogens is 1. The lowest BCUT2D eigenvalue weighted by molar-refractivity contribution is 0.800. The van der Waals surface area contributed by atoms with Gasteiger partial charge in [-0.25, -0.2) is 4.99 Å². The summed E-state index contributed by atoms with van der Waals surface area (Å²) in [6.45, 7) is 4.57. The van der Waals surface area contributed by atoms with Gasteiger partial charge >= 0.3 is 0 Å². The van der Waals surface area contributed by atoms with Crippen LogP contribution in [0.1, 0.15) is 0 Å². The molecule has 0 saturated heterocycles. The third-order valence-corrected chi connectivity index (χ3v) is 4.94. The Morgan fingerprint density at radius 3 is 2.48 bits per heavy atom. The third kappa shape index (κ3) is 3.83. The maximum absolute atomic E-state index is 5.93. The summed E-state index contributed by atoms with van der Waals surface area (Å²) in [6, 6.07) is 15.8. The first-order valence-corrected chi connectivity index (χ1v) is 9.08. The average Bonchev–Trinajstić information content (AvgIpc) is 2.94. The summed E-state index contributed by atoms with van der Waals surface area (Å²) in [5.74, 6) is 0. The molecule has 2 nitrogen and oxygen atoms in total. The molecule has 0 amide bonds. The van der Waals surface area contributed by atoms with Gasteiger partial charge < -0.3 is 4.57 Å². The third-order valence-electron chi connectivity index (χ3n) is 3.30. The van der Waals surface area contributed by atoms with Gasteiger partial charge in [-0.1, -0.05) is 45.7 Å². The zero-order valence-corrected chi connectivity index (χ0v) is 15.4. The lowest BCUT2D eigenvalue weighted by atomic mass is 10.2. The highest BCUT2D eigenvalue weighted by atomic mass is 79.9. The van der Waals surface area contributed by atoms with Crippen molar-refractivity contribution >= 4 is 44.6 Å². The standard InChI is InChI=1S/C18H14BrClN2S/c1-2-11-22-17(13-3-5-14(19)6-4-13)12-23-18(22)21-16-9-7-15(20)8-10-16/h2-10,12H,1,11H2. The number of rotatable bonds is 4. The molecular formula is C18H14BrClN2S. The molecule has 0 saturated carbocycles. The molecule has 116 valence electrons. The van der Waals surface area contributed by atoms with Gasteiger partial charge in [-0.2, -0.15) is 0 Å². The van der Waals surface area contributed by atoms with Crippen molar-refractivity contribution in [3.8, 4) is 11.3 Å². The van der Waals surface area contributed by atoms with Gasteiger partial charge in [0.2, 0.25) is 0 Å². The van der Waals surface area contributed by atoms with E-state index in [0.29, 0.717) is 11.6 Å². The lowest BCUT2D eigenvalue weighted by Gasteiger charge is -2.06. The molecule has 0 N–H and O–H groups in total. The van der Waals surface area contributed by atoms with Crippen LogP contribution in [0.5, 0.6) is 0 Å². The quantitative estimate of drug-likeness (QED) is 0.470. The second-order valence-electron chi connectivity index (χ2n) is 4.90. The fourth-order valence-corrected chi connectivity index (χ4v) is 3.53. The predicted molar refractivity (Wildman–Crippen MR) is 102 cm³/mol. The van der Waals surface area contributed by atoms with E-state index in [2.05, 4.69) is 44.6 Å². The Bertz CT molecular complexity index is 877. The van der Waals surface area contributed by atoms with Crippen LogP contribution in [0.2, 0.25) is 5.02 Å². The molecule has 1 aromatic heterocycles. The second-order valence-corrected chi connectivity index (χ2v) is 7.09.